The highest BCUT2D eigenvalue weighted by atomic mass is 32.1. The van der Waals surface area contributed by atoms with Crippen molar-refractivity contribution in [1.82, 2.24) is 39.6 Å². The number of ether oxygens (including phenoxy) is 1. The van der Waals surface area contributed by atoms with Gasteiger partial charge >= 0.3 is 12.4 Å². The van der Waals surface area contributed by atoms with E-state index in [-0.39, 0.29) is 22.8 Å². The Labute approximate surface area is 234 Å². The molecule has 0 aliphatic rings. The highest BCUT2D eigenvalue weighted by Crippen LogP contribution is 2.35. The first-order valence-corrected chi connectivity index (χ1v) is 13.5. The van der Waals surface area contributed by atoms with Crippen molar-refractivity contribution in [2.24, 2.45) is 0 Å². The maximum Gasteiger partial charge on any atom is 0.416 e. The van der Waals surface area contributed by atoms with Gasteiger partial charge in [-0.15, -0.1) is 20.4 Å². The highest BCUT2D eigenvalue weighted by molar-refractivity contribution is 7.17. The lowest BCUT2D eigenvalue weighted by molar-refractivity contribution is -0.138. The van der Waals surface area contributed by atoms with Crippen LogP contribution in [0, 0.1) is 0 Å². The number of alkyl halides is 6. The molecule has 212 valence electrons. The van der Waals surface area contributed by atoms with Gasteiger partial charge < -0.3 is 4.74 Å². The third-order valence-corrected chi connectivity index (χ3v) is 8.13. The lowest BCUT2D eigenvalue weighted by atomic mass is 10.1. The van der Waals surface area contributed by atoms with Gasteiger partial charge in [-0.1, -0.05) is 46.9 Å². The summed E-state index contributed by atoms with van der Waals surface area (Å²) in [5, 5.41) is 26.0. The number of rotatable bonds is 6. The Kier molecular flexibility index (Phi) is 6.54. The molecule has 0 aliphatic carbocycles. The van der Waals surface area contributed by atoms with Gasteiger partial charge in [-0.05, 0) is 38.1 Å². The van der Waals surface area contributed by atoms with Gasteiger partial charge in [0.05, 0.1) is 11.1 Å². The molecule has 0 N–H and O–H groups in total. The van der Waals surface area contributed by atoms with E-state index in [4.69, 9.17) is 4.74 Å². The molecule has 0 fully saturated rings. The van der Waals surface area contributed by atoms with Crippen molar-refractivity contribution in [1.29, 1.82) is 0 Å². The van der Waals surface area contributed by atoms with Crippen LogP contribution in [0.4, 0.5) is 26.3 Å². The molecule has 17 heteroatoms. The molecule has 0 bridgehead atoms. The molecule has 4 aromatic heterocycles. The summed E-state index contributed by atoms with van der Waals surface area (Å²) in [5.74, 6) is 0.314. The van der Waals surface area contributed by atoms with E-state index in [1.54, 1.807) is 13.8 Å². The number of nitrogens with zero attached hydrogens (tertiary/aromatic N) is 8. The molecule has 0 radical (unpaired) electrons. The summed E-state index contributed by atoms with van der Waals surface area (Å²) in [5.41, 5.74) is -1.20. The van der Waals surface area contributed by atoms with E-state index in [9.17, 15) is 26.3 Å². The molecule has 0 amide bonds. The van der Waals surface area contributed by atoms with Gasteiger partial charge in [-0.2, -0.15) is 45.6 Å². The fourth-order valence-corrected chi connectivity index (χ4v) is 5.70. The van der Waals surface area contributed by atoms with Crippen LogP contribution in [0.3, 0.4) is 0 Å². The van der Waals surface area contributed by atoms with Gasteiger partial charge in [-0.3, -0.25) is 0 Å². The van der Waals surface area contributed by atoms with E-state index >= 15 is 0 Å². The number of hydrogen-bond donors (Lipinski definition) is 0. The third kappa shape index (κ3) is 5.15. The fourth-order valence-electron chi connectivity index (χ4n) is 4.04. The molecule has 9 nitrogen and oxygen atoms in total. The van der Waals surface area contributed by atoms with Crippen molar-refractivity contribution >= 4 is 32.6 Å². The third-order valence-electron chi connectivity index (χ3n) is 6.01. The van der Waals surface area contributed by atoms with Gasteiger partial charge in [-0.25, -0.2) is 0 Å². The Bertz CT molecular complexity index is 1740. The minimum absolute atomic E-state index is 0.157. The van der Waals surface area contributed by atoms with Gasteiger partial charge in [0.2, 0.25) is 9.92 Å². The number of hydrogen-bond acceptors (Lipinski definition) is 9. The van der Waals surface area contributed by atoms with Gasteiger partial charge in [0.15, 0.2) is 11.6 Å². The van der Waals surface area contributed by atoms with Crippen molar-refractivity contribution in [3.05, 3.63) is 69.7 Å². The van der Waals surface area contributed by atoms with Crippen molar-refractivity contribution in [3.63, 3.8) is 0 Å². The summed E-state index contributed by atoms with van der Waals surface area (Å²) in [7, 11) is 0. The molecule has 6 rings (SSSR count). The second-order valence-corrected chi connectivity index (χ2v) is 10.9. The van der Waals surface area contributed by atoms with Crippen molar-refractivity contribution in [2.45, 2.75) is 38.4 Å². The molecule has 0 aliphatic heterocycles. The summed E-state index contributed by atoms with van der Waals surface area (Å²) in [6, 6.07) is 9.48. The van der Waals surface area contributed by atoms with Crippen molar-refractivity contribution < 1.29 is 31.1 Å². The number of benzene rings is 2. The van der Waals surface area contributed by atoms with Gasteiger partial charge in [0, 0.05) is 11.1 Å². The molecule has 2 atom stereocenters. The smallest absolute Gasteiger partial charge is 0.361 e. The maximum absolute atomic E-state index is 13.2. The van der Waals surface area contributed by atoms with E-state index in [1.807, 2.05) is 0 Å². The fraction of sp³-hybridized carbons (Fsp3) is 0.250. The minimum Gasteiger partial charge on any atom is -0.361 e. The Morgan fingerprint density at radius 3 is 1.46 bits per heavy atom. The molecule has 4 heterocycles. The standard InChI is InChI=1S/C24H16F6N8OS2/c1-11(19-35-37-17(31-33-21(37)40-19)13-5-3-7-15(9-13)23(25,26)27)39-12(2)20-36-38-18(32-34-22(38)41-20)14-6-4-8-16(10-14)24(28,29)30/h3-12H,1-2H3. The molecular formula is C24H16F6N8OS2. The predicted octanol–water partition coefficient (Wildman–Crippen LogP) is 6.90. The minimum atomic E-state index is -4.51. The van der Waals surface area contributed by atoms with Crippen LogP contribution in [-0.2, 0) is 17.1 Å². The lowest BCUT2D eigenvalue weighted by Gasteiger charge is -2.14. The maximum atomic E-state index is 13.2. The SMILES string of the molecule is CC(OC(C)c1nn2c(-c3cccc(C(F)(F)F)c3)nnc2s1)c1nn2c(-c3cccc(C(F)(F)F)c3)nnc2s1. The largest absolute Gasteiger partial charge is 0.416 e. The normalized spacial score (nSPS) is 14.2. The second-order valence-electron chi connectivity index (χ2n) is 8.89. The molecular weight excluding hydrogens is 594 g/mol. The topological polar surface area (TPSA) is 95.4 Å². The van der Waals surface area contributed by atoms with E-state index in [0.717, 1.165) is 24.3 Å². The Hall–Kier alpha value is -3.96. The summed E-state index contributed by atoms with van der Waals surface area (Å²) >= 11 is 2.34. The average Bonchev–Trinajstić information content (AvgIpc) is 3.68. The molecule has 41 heavy (non-hydrogen) atoms. The summed E-state index contributed by atoms with van der Waals surface area (Å²) < 4.78 is 87.9. The van der Waals surface area contributed by atoms with Crippen LogP contribution < -0.4 is 0 Å². The first-order chi connectivity index (χ1) is 19.4. The summed E-state index contributed by atoms with van der Waals surface area (Å²) in [4.78, 5) is 0.750. The Morgan fingerprint density at radius 2 is 1.07 bits per heavy atom. The van der Waals surface area contributed by atoms with Crippen LogP contribution in [0.15, 0.2) is 48.5 Å². The van der Waals surface area contributed by atoms with Crippen molar-refractivity contribution in [2.75, 3.05) is 0 Å². The first kappa shape index (κ1) is 27.2. The lowest BCUT2D eigenvalue weighted by Crippen LogP contribution is -2.07. The van der Waals surface area contributed by atoms with E-state index in [2.05, 4.69) is 30.6 Å². The Morgan fingerprint density at radius 1 is 0.659 bits per heavy atom. The van der Waals surface area contributed by atoms with Gasteiger partial charge in [0.1, 0.15) is 22.2 Å². The van der Waals surface area contributed by atoms with Crippen LogP contribution >= 0.6 is 22.7 Å². The molecule has 2 aromatic carbocycles. The molecule has 0 spiro atoms. The zero-order chi connectivity index (χ0) is 29.1. The predicted molar refractivity (Wildman–Crippen MR) is 136 cm³/mol. The number of halogens is 6. The van der Waals surface area contributed by atoms with E-state index < -0.39 is 35.7 Å². The molecule has 2 unspecified atom stereocenters. The van der Waals surface area contributed by atoms with Crippen LogP contribution in [0.25, 0.3) is 32.7 Å². The molecule has 6 aromatic rings. The van der Waals surface area contributed by atoms with Crippen LogP contribution in [0.5, 0.6) is 0 Å². The highest BCUT2D eigenvalue weighted by Gasteiger charge is 2.32. The van der Waals surface area contributed by atoms with Crippen LogP contribution in [0.2, 0.25) is 0 Å². The van der Waals surface area contributed by atoms with Gasteiger partial charge in [0.25, 0.3) is 0 Å². The number of aromatic nitrogens is 8. The summed E-state index contributed by atoms with van der Waals surface area (Å²) in [6.45, 7) is 3.50. The first-order valence-electron chi connectivity index (χ1n) is 11.8. The van der Waals surface area contributed by atoms with E-state index in [1.165, 1.54) is 56.0 Å². The number of fused-ring (bicyclic) bond motifs is 2. The molecule has 0 saturated heterocycles. The monoisotopic (exact) mass is 610 g/mol. The van der Waals surface area contributed by atoms with E-state index in [0.29, 0.717) is 19.9 Å². The average molecular weight is 611 g/mol. The zero-order valence-corrected chi connectivity index (χ0v) is 22.5. The Balaban J connectivity index is 1.23. The van der Waals surface area contributed by atoms with Crippen molar-refractivity contribution in [3.8, 4) is 22.8 Å². The van der Waals surface area contributed by atoms with Crippen LogP contribution in [0.1, 0.15) is 47.2 Å². The zero-order valence-electron chi connectivity index (χ0n) is 20.8. The van der Waals surface area contributed by atoms with Crippen LogP contribution in [-0.4, -0.2) is 39.6 Å². The molecule has 0 saturated carbocycles. The second kappa shape index (κ2) is 9.85. The summed E-state index contributed by atoms with van der Waals surface area (Å²) in [6.07, 6.45) is -10.1. The quantitative estimate of drug-likeness (QED) is 0.190.